The number of ether oxygens (including phenoxy) is 3. The Bertz CT molecular complexity index is 836. The van der Waals surface area contributed by atoms with Crippen LogP contribution in [0.15, 0.2) is 24.3 Å². The van der Waals surface area contributed by atoms with Gasteiger partial charge in [0.25, 0.3) is 5.91 Å². The van der Waals surface area contributed by atoms with Gasteiger partial charge in [-0.15, -0.1) is 0 Å². The molecule has 2 N–H and O–H groups in total. The van der Waals surface area contributed by atoms with Crippen LogP contribution in [-0.4, -0.2) is 41.9 Å². The maximum Gasteiger partial charge on any atom is 0.270 e. The van der Waals surface area contributed by atoms with E-state index >= 15 is 0 Å². The Morgan fingerprint density at radius 2 is 2.11 bits per heavy atom. The van der Waals surface area contributed by atoms with Crippen molar-refractivity contribution in [2.75, 3.05) is 25.3 Å². The number of anilines is 1. The van der Waals surface area contributed by atoms with Gasteiger partial charge in [-0.05, 0) is 43.5 Å². The van der Waals surface area contributed by atoms with Crippen LogP contribution in [0.25, 0.3) is 0 Å². The number of carbonyl (C=O) groups excluding carboxylic acids is 1. The maximum atomic E-state index is 12.4. The van der Waals surface area contributed by atoms with Crippen molar-refractivity contribution < 1.29 is 19.0 Å². The summed E-state index contributed by atoms with van der Waals surface area (Å²) < 4.78 is 16.2. The quantitative estimate of drug-likeness (QED) is 0.803. The first-order valence-corrected chi connectivity index (χ1v) is 9.05. The molecule has 0 bridgehead atoms. The molecule has 0 saturated carbocycles. The van der Waals surface area contributed by atoms with Gasteiger partial charge in [-0.1, -0.05) is 6.07 Å². The molecule has 0 radical (unpaired) electrons. The first-order chi connectivity index (χ1) is 13.2. The van der Waals surface area contributed by atoms with E-state index in [1.165, 1.54) is 0 Å². The highest BCUT2D eigenvalue weighted by Crippen LogP contribution is 2.32. The van der Waals surface area contributed by atoms with Crippen molar-refractivity contribution in [2.24, 2.45) is 0 Å². The lowest BCUT2D eigenvalue weighted by atomic mass is 10.2. The first kappa shape index (κ1) is 17.5. The molecule has 0 aliphatic carbocycles. The Morgan fingerprint density at radius 1 is 1.22 bits per heavy atom. The second-order valence-corrected chi connectivity index (χ2v) is 6.60. The van der Waals surface area contributed by atoms with E-state index in [0.717, 1.165) is 42.2 Å². The van der Waals surface area contributed by atoms with E-state index in [2.05, 4.69) is 20.6 Å². The summed E-state index contributed by atoms with van der Waals surface area (Å²) in [7, 11) is 0. The fourth-order valence-corrected chi connectivity index (χ4v) is 3.10. The van der Waals surface area contributed by atoms with E-state index in [-0.39, 0.29) is 18.8 Å². The van der Waals surface area contributed by atoms with Gasteiger partial charge in [0.15, 0.2) is 11.5 Å². The molecule has 1 saturated heterocycles. The summed E-state index contributed by atoms with van der Waals surface area (Å²) in [5, 5.41) is 6.05. The second kappa shape index (κ2) is 7.79. The Hall–Kier alpha value is -2.87. The third-order valence-electron chi connectivity index (χ3n) is 4.49. The third-order valence-corrected chi connectivity index (χ3v) is 4.49. The number of amides is 1. The molecule has 4 rings (SSSR count). The smallest absolute Gasteiger partial charge is 0.270 e. The molecule has 1 aromatic carbocycles. The molecule has 2 aromatic rings. The third kappa shape index (κ3) is 4.28. The van der Waals surface area contributed by atoms with Crippen molar-refractivity contribution in [3.8, 4) is 11.5 Å². The van der Waals surface area contributed by atoms with Crippen LogP contribution in [0.2, 0.25) is 0 Å². The van der Waals surface area contributed by atoms with E-state index in [4.69, 9.17) is 14.2 Å². The predicted octanol–water partition coefficient (Wildman–Crippen LogP) is 2.03. The molecular formula is C19H22N4O4. The highest BCUT2D eigenvalue weighted by atomic mass is 16.7. The second-order valence-electron chi connectivity index (χ2n) is 6.60. The van der Waals surface area contributed by atoms with E-state index in [0.29, 0.717) is 24.7 Å². The van der Waals surface area contributed by atoms with Crippen LogP contribution in [0, 0.1) is 6.92 Å². The zero-order valence-corrected chi connectivity index (χ0v) is 15.2. The average molecular weight is 370 g/mol. The minimum atomic E-state index is -0.220. The lowest BCUT2D eigenvalue weighted by molar-refractivity contribution is 0.0853. The van der Waals surface area contributed by atoms with Crippen molar-refractivity contribution in [2.45, 2.75) is 32.4 Å². The number of aryl methyl sites for hydroxylation is 1. The fourth-order valence-electron chi connectivity index (χ4n) is 3.10. The SMILES string of the molecule is Cc1cc(C(=O)NCC2CCCO2)nc(NCc2ccc3c(c2)OCO3)n1. The number of benzene rings is 1. The van der Waals surface area contributed by atoms with Crippen molar-refractivity contribution in [3.63, 3.8) is 0 Å². The number of nitrogens with one attached hydrogen (secondary N) is 2. The normalized spacial score (nSPS) is 17.7. The summed E-state index contributed by atoms with van der Waals surface area (Å²) in [5.41, 5.74) is 2.07. The van der Waals surface area contributed by atoms with Gasteiger partial charge in [-0.2, -0.15) is 0 Å². The van der Waals surface area contributed by atoms with Crippen LogP contribution < -0.4 is 20.1 Å². The number of hydrogen-bond donors (Lipinski definition) is 2. The van der Waals surface area contributed by atoms with Crippen LogP contribution in [-0.2, 0) is 11.3 Å². The summed E-state index contributed by atoms with van der Waals surface area (Å²) >= 11 is 0. The van der Waals surface area contributed by atoms with Gasteiger partial charge in [0.1, 0.15) is 5.69 Å². The highest BCUT2D eigenvalue weighted by Gasteiger charge is 2.18. The van der Waals surface area contributed by atoms with Gasteiger partial charge in [-0.3, -0.25) is 4.79 Å². The average Bonchev–Trinajstić information content (AvgIpc) is 3.35. The molecule has 0 spiro atoms. The standard InChI is InChI=1S/C19H22N4O4/c1-12-7-15(18(24)20-10-14-3-2-6-25-14)23-19(22-12)21-9-13-4-5-16-17(8-13)27-11-26-16/h4-5,7-8,14H,2-3,6,9-11H2,1H3,(H,20,24)(H,21,22,23). The van der Waals surface area contributed by atoms with Crippen LogP contribution in [0.1, 0.15) is 34.6 Å². The molecule has 3 heterocycles. The van der Waals surface area contributed by atoms with Gasteiger partial charge in [0.2, 0.25) is 12.7 Å². The van der Waals surface area contributed by atoms with Gasteiger partial charge in [0.05, 0.1) is 6.10 Å². The van der Waals surface area contributed by atoms with Crippen LogP contribution in [0.5, 0.6) is 11.5 Å². The van der Waals surface area contributed by atoms with Crippen LogP contribution >= 0.6 is 0 Å². The fraction of sp³-hybridized carbons (Fsp3) is 0.421. The highest BCUT2D eigenvalue weighted by molar-refractivity contribution is 5.92. The van der Waals surface area contributed by atoms with Crippen molar-refractivity contribution >= 4 is 11.9 Å². The number of hydrogen-bond acceptors (Lipinski definition) is 7. The molecular weight excluding hydrogens is 348 g/mol. The molecule has 1 amide bonds. The summed E-state index contributed by atoms with van der Waals surface area (Å²) in [5.74, 6) is 1.67. The van der Waals surface area contributed by atoms with Gasteiger partial charge < -0.3 is 24.8 Å². The minimum Gasteiger partial charge on any atom is -0.454 e. The van der Waals surface area contributed by atoms with E-state index in [1.54, 1.807) is 6.07 Å². The van der Waals surface area contributed by atoms with Gasteiger partial charge in [0, 0.05) is 25.4 Å². The maximum absolute atomic E-state index is 12.4. The predicted molar refractivity (Wildman–Crippen MR) is 98.0 cm³/mol. The zero-order chi connectivity index (χ0) is 18.6. The summed E-state index contributed by atoms with van der Waals surface area (Å²) in [6.45, 7) is 3.86. The number of fused-ring (bicyclic) bond motifs is 1. The van der Waals surface area contributed by atoms with Gasteiger partial charge >= 0.3 is 0 Å². The largest absolute Gasteiger partial charge is 0.454 e. The molecule has 1 aromatic heterocycles. The molecule has 2 aliphatic heterocycles. The zero-order valence-electron chi connectivity index (χ0n) is 15.2. The van der Waals surface area contributed by atoms with E-state index in [1.807, 2.05) is 25.1 Å². The molecule has 1 unspecified atom stereocenters. The Kier molecular flexibility index (Phi) is 5.06. The Morgan fingerprint density at radius 3 is 2.96 bits per heavy atom. The Labute approximate surface area is 157 Å². The number of carbonyl (C=O) groups is 1. The molecule has 142 valence electrons. The topological polar surface area (TPSA) is 94.6 Å². The number of aromatic nitrogens is 2. The van der Waals surface area contributed by atoms with Crippen molar-refractivity contribution in [3.05, 3.63) is 41.2 Å². The lowest BCUT2D eigenvalue weighted by Crippen LogP contribution is -2.32. The van der Waals surface area contributed by atoms with E-state index < -0.39 is 0 Å². The molecule has 2 aliphatic rings. The number of rotatable bonds is 6. The molecule has 8 heteroatoms. The Balaban J connectivity index is 1.38. The first-order valence-electron chi connectivity index (χ1n) is 9.05. The lowest BCUT2D eigenvalue weighted by Gasteiger charge is -2.12. The minimum absolute atomic E-state index is 0.0977. The summed E-state index contributed by atoms with van der Waals surface area (Å²) in [6, 6.07) is 7.42. The molecule has 1 atom stereocenters. The molecule has 27 heavy (non-hydrogen) atoms. The van der Waals surface area contributed by atoms with Crippen LogP contribution in [0.3, 0.4) is 0 Å². The van der Waals surface area contributed by atoms with Crippen LogP contribution in [0.4, 0.5) is 5.95 Å². The summed E-state index contributed by atoms with van der Waals surface area (Å²) in [4.78, 5) is 21.1. The molecule has 1 fully saturated rings. The summed E-state index contributed by atoms with van der Waals surface area (Å²) in [6.07, 6.45) is 2.12. The van der Waals surface area contributed by atoms with E-state index in [9.17, 15) is 4.79 Å². The van der Waals surface area contributed by atoms with Crippen molar-refractivity contribution in [1.82, 2.24) is 15.3 Å². The van der Waals surface area contributed by atoms with Crippen molar-refractivity contribution in [1.29, 1.82) is 0 Å². The monoisotopic (exact) mass is 370 g/mol. The number of nitrogens with zero attached hydrogens (tertiary/aromatic N) is 2. The van der Waals surface area contributed by atoms with Gasteiger partial charge in [-0.25, -0.2) is 9.97 Å². The molecule has 8 nitrogen and oxygen atoms in total.